The number of nitrogens with zero attached hydrogens (tertiary/aromatic N) is 1. The molecule has 0 aliphatic carbocycles. The molecule has 0 aliphatic heterocycles. The zero-order valence-corrected chi connectivity index (χ0v) is 16.4. The molecular formula is C18H18Br2FNO2. The van der Waals surface area contributed by atoms with E-state index in [1.807, 2.05) is 43.3 Å². The molecule has 0 aromatic heterocycles. The summed E-state index contributed by atoms with van der Waals surface area (Å²) in [7, 11) is 0. The lowest BCUT2D eigenvalue weighted by atomic mass is 10.2. The van der Waals surface area contributed by atoms with Crippen molar-refractivity contribution >= 4 is 49.3 Å². The minimum absolute atomic E-state index is 0.181. The van der Waals surface area contributed by atoms with Gasteiger partial charge < -0.3 is 4.74 Å². The van der Waals surface area contributed by atoms with Crippen molar-refractivity contribution in [2.75, 3.05) is 4.90 Å². The number of benzene rings is 2. The van der Waals surface area contributed by atoms with E-state index in [2.05, 4.69) is 31.9 Å². The molecular weight excluding hydrogens is 441 g/mol. The first-order valence-electron chi connectivity index (χ1n) is 7.61. The first kappa shape index (κ1) is 18.9. The predicted octanol–water partition coefficient (Wildman–Crippen LogP) is 6.71. The molecule has 0 heterocycles. The molecule has 2 aromatic rings. The van der Waals surface area contributed by atoms with Crippen LogP contribution in [0.3, 0.4) is 0 Å². The van der Waals surface area contributed by atoms with Crippen molar-refractivity contribution in [3.05, 3.63) is 58.6 Å². The molecule has 0 spiro atoms. The third-order valence-corrected chi connectivity index (χ3v) is 4.72. The van der Waals surface area contributed by atoms with Gasteiger partial charge in [0.15, 0.2) is 0 Å². The molecule has 0 aliphatic rings. The number of anilines is 2. The van der Waals surface area contributed by atoms with Crippen LogP contribution in [-0.2, 0) is 10.1 Å². The Balaban J connectivity index is 2.36. The number of carbonyl (C=O) groups excluding carboxylic acids is 1. The van der Waals surface area contributed by atoms with Gasteiger partial charge in [-0.25, -0.2) is 14.1 Å². The maximum atomic E-state index is 13.8. The third kappa shape index (κ3) is 4.80. The van der Waals surface area contributed by atoms with E-state index in [4.69, 9.17) is 4.74 Å². The van der Waals surface area contributed by atoms with Gasteiger partial charge >= 0.3 is 6.09 Å². The lowest BCUT2D eigenvalue weighted by molar-refractivity contribution is 0.0133. The van der Waals surface area contributed by atoms with E-state index in [9.17, 15) is 9.18 Å². The number of ether oxygens (including phenoxy) is 1. The van der Waals surface area contributed by atoms with Gasteiger partial charge in [0.2, 0.25) is 6.36 Å². The summed E-state index contributed by atoms with van der Waals surface area (Å²) in [5.41, 5.74) is 2.27. The number of amides is 1. The summed E-state index contributed by atoms with van der Waals surface area (Å²) >= 11 is 6.90. The topological polar surface area (TPSA) is 29.5 Å². The average Bonchev–Trinajstić information content (AvgIpc) is 2.56. The average molecular weight is 459 g/mol. The second kappa shape index (κ2) is 9.18. The van der Waals surface area contributed by atoms with E-state index in [0.29, 0.717) is 23.1 Å². The quantitative estimate of drug-likeness (QED) is 0.450. The standard InChI is InChI=1S/C18H18Br2FNO2/c1-2-6-17(21)24-18(23)22(14-7-4-3-5-8-14)15-10-9-13(12-19)16(20)11-15/h3-5,7-11,17H,2,6,12H2,1H3. The van der Waals surface area contributed by atoms with Gasteiger partial charge in [0.05, 0.1) is 11.4 Å². The molecule has 0 saturated heterocycles. The lowest BCUT2D eigenvalue weighted by Crippen LogP contribution is -2.29. The van der Waals surface area contributed by atoms with Gasteiger partial charge in [0, 0.05) is 16.2 Å². The van der Waals surface area contributed by atoms with Crippen LogP contribution in [0.15, 0.2) is 53.0 Å². The van der Waals surface area contributed by atoms with Crippen LogP contribution in [0.5, 0.6) is 0 Å². The van der Waals surface area contributed by atoms with Crippen LogP contribution in [0.1, 0.15) is 25.3 Å². The number of para-hydroxylation sites is 1. The van der Waals surface area contributed by atoms with Crippen molar-refractivity contribution < 1.29 is 13.9 Å². The smallest absolute Gasteiger partial charge is 0.414 e. The SMILES string of the molecule is CCCC(F)OC(=O)N(c1ccccc1)c1ccc(CBr)c(Br)c1. The van der Waals surface area contributed by atoms with Gasteiger partial charge in [0.25, 0.3) is 0 Å². The van der Waals surface area contributed by atoms with E-state index >= 15 is 0 Å². The Labute approximate surface area is 158 Å². The molecule has 1 unspecified atom stereocenters. The maximum Gasteiger partial charge on any atom is 0.421 e. The van der Waals surface area contributed by atoms with Crippen molar-refractivity contribution in [1.29, 1.82) is 0 Å². The minimum atomic E-state index is -1.61. The number of carbonyl (C=O) groups is 1. The van der Waals surface area contributed by atoms with E-state index in [-0.39, 0.29) is 6.42 Å². The Morgan fingerprint density at radius 2 is 1.92 bits per heavy atom. The van der Waals surface area contributed by atoms with Gasteiger partial charge in [-0.05, 0) is 36.2 Å². The van der Waals surface area contributed by atoms with Gasteiger partial charge in [-0.2, -0.15) is 0 Å². The second-order valence-corrected chi connectivity index (χ2v) is 6.58. The predicted molar refractivity (Wildman–Crippen MR) is 102 cm³/mol. The highest BCUT2D eigenvalue weighted by atomic mass is 79.9. The molecule has 0 saturated carbocycles. The molecule has 3 nitrogen and oxygen atoms in total. The number of halogens is 3. The molecule has 0 radical (unpaired) electrons. The number of hydrogen-bond acceptors (Lipinski definition) is 2. The monoisotopic (exact) mass is 457 g/mol. The van der Waals surface area contributed by atoms with Crippen molar-refractivity contribution in [3.63, 3.8) is 0 Å². The maximum absolute atomic E-state index is 13.8. The molecule has 24 heavy (non-hydrogen) atoms. The van der Waals surface area contributed by atoms with E-state index < -0.39 is 12.5 Å². The minimum Gasteiger partial charge on any atom is -0.414 e. The van der Waals surface area contributed by atoms with Gasteiger partial charge in [-0.1, -0.05) is 63.0 Å². The van der Waals surface area contributed by atoms with Crippen molar-refractivity contribution in [1.82, 2.24) is 0 Å². The van der Waals surface area contributed by atoms with Crippen LogP contribution < -0.4 is 4.90 Å². The van der Waals surface area contributed by atoms with Crippen LogP contribution in [0.4, 0.5) is 20.6 Å². The van der Waals surface area contributed by atoms with Crippen LogP contribution in [-0.4, -0.2) is 12.5 Å². The summed E-state index contributed by atoms with van der Waals surface area (Å²) in [4.78, 5) is 13.9. The highest BCUT2D eigenvalue weighted by Crippen LogP contribution is 2.31. The summed E-state index contributed by atoms with van der Waals surface area (Å²) < 4.78 is 19.6. The van der Waals surface area contributed by atoms with Crippen LogP contribution in [0.2, 0.25) is 0 Å². The Bertz CT molecular complexity index is 682. The van der Waals surface area contributed by atoms with E-state index in [0.717, 1.165) is 10.0 Å². The second-order valence-electron chi connectivity index (χ2n) is 5.16. The largest absolute Gasteiger partial charge is 0.421 e. The zero-order valence-electron chi connectivity index (χ0n) is 13.2. The Morgan fingerprint density at radius 3 is 2.50 bits per heavy atom. The summed E-state index contributed by atoms with van der Waals surface area (Å²) in [6.45, 7) is 1.84. The van der Waals surface area contributed by atoms with Gasteiger partial charge in [0.1, 0.15) is 0 Å². The Morgan fingerprint density at radius 1 is 1.21 bits per heavy atom. The van der Waals surface area contributed by atoms with Crippen molar-refractivity contribution in [2.45, 2.75) is 31.5 Å². The summed E-state index contributed by atoms with van der Waals surface area (Å²) in [5.74, 6) is 0. The summed E-state index contributed by atoms with van der Waals surface area (Å²) in [6.07, 6.45) is -1.56. The molecule has 2 rings (SSSR count). The fourth-order valence-corrected chi connectivity index (χ4v) is 3.54. The molecule has 0 N–H and O–H groups in total. The van der Waals surface area contributed by atoms with Gasteiger partial charge in [-0.15, -0.1) is 0 Å². The van der Waals surface area contributed by atoms with Crippen LogP contribution in [0, 0.1) is 0 Å². The first-order chi connectivity index (χ1) is 11.6. The van der Waals surface area contributed by atoms with E-state index in [1.165, 1.54) is 4.90 Å². The van der Waals surface area contributed by atoms with Crippen molar-refractivity contribution in [2.24, 2.45) is 0 Å². The molecule has 1 amide bonds. The Kier molecular flexibility index (Phi) is 7.24. The molecule has 6 heteroatoms. The fraction of sp³-hybridized carbons (Fsp3) is 0.278. The lowest BCUT2D eigenvalue weighted by Gasteiger charge is -2.24. The molecule has 2 aromatic carbocycles. The zero-order chi connectivity index (χ0) is 17.5. The molecule has 0 fully saturated rings. The molecule has 0 bridgehead atoms. The summed E-state index contributed by atoms with van der Waals surface area (Å²) in [5, 5.41) is 0.687. The van der Waals surface area contributed by atoms with Crippen LogP contribution in [0.25, 0.3) is 0 Å². The normalized spacial score (nSPS) is 11.8. The first-order valence-corrected chi connectivity index (χ1v) is 9.52. The van der Waals surface area contributed by atoms with E-state index in [1.54, 1.807) is 12.1 Å². The number of alkyl halides is 2. The fourth-order valence-electron chi connectivity index (χ4n) is 2.17. The third-order valence-electron chi connectivity index (χ3n) is 3.38. The number of rotatable bonds is 6. The highest BCUT2D eigenvalue weighted by molar-refractivity contribution is 9.10. The van der Waals surface area contributed by atoms with Crippen LogP contribution >= 0.6 is 31.9 Å². The molecule has 1 atom stereocenters. The summed E-state index contributed by atoms with van der Waals surface area (Å²) in [6, 6.07) is 14.6. The van der Waals surface area contributed by atoms with Gasteiger partial charge in [-0.3, -0.25) is 0 Å². The Hall–Kier alpha value is -1.40. The molecule has 128 valence electrons. The number of hydrogen-bond donors (Lipinski definition) is 0. The van der Waals surface area contributed by atoms with Crippen molar-refractivity contribution in [3.8, 4) is 0 Å². The highest BCUT2D eigenvalue weighted by Gasteiger charge is 2.23.